The van der Waals surface area contributed by atoms with E-state index in [9.17, 15) is 23.5 Å². The van der Waals surface area contributed by atoms with Crippen molar-refractivity contribution in [2.45, 2.75) is 38.6 Å². The van der Waals surface area contributed by atoms with Crippen molar-refractivity contribution >= 4 is 43.4 Å². The maximum absolute atomic E-state index is 13.9. The van der Waals surface area contributed by atoms with Crippen molar-refractivity contribution in [2.75, 3.05) is 13.1 Å². The van der Waals surface area contributed by atoms with Crippen molar-refractivity contribution in [3.05, 3.63) is 50.0 Å². The van der Waals surface area contributed by atoms with Gasteiger partial charge in [0.05, 0.1) is 34.2 Å². The van der Waals surface area contributed by atoms with E-state index in [1.54, 1.807) is 0 Å². The summed E-state index contributed by atoms with van der Waals surface area (Å²) in [5, 5.41) is 10.3. The zero-order valence-electron chi connectivity index (χ0n) is 18.1. The molecule has 0 bridgehead atoms. The van der Waals surface area contributed by atoms with Gasteiger partial charge in [0.2, 0.25) is 5.91 Å². The van der Waals surface area contributed by atoms with Crippen LogP contribution in [-0.4, -0.2) is 49.8 Å². The Balaban J connectivity index is 1.85. The molecule has 1 N–H and O–H groups in total. The lowest BCUT2D eigenvalue weighted by Gasteiger charge is -2.42. The number of aliphatic hydroxyl groups is 1. The first-order valence-electron chi connectivity index (χ1n) is 10.0. The lowest BCUT2D eigenvalue weighted by atomic mass is 9.99. The third-order valence-electron chi connectivity index (χ3n) is 5.07. The quantitative estimate of drug-likeness (QED) is 0.518. The fourth-order valence-electron chi connectivity index (χ4n) is 3.54. The summed E-state index contributed by atoms with van der Waals surface area (Å²) in [5.41, 5.74) is -2.15. The van der Waals surface area contributed by atoms with Gasteiger partial charge >= 0.3 is 0 Å². The van der Waals surface area contributed by atoms with Crippen LogP contribution in [0.3, 0.4) is 0 Å². The third-order valence-corrected chi connectivity index (χ3v) is 6.69. The van der Waals surface area contributed by atoms with Gasteiger partial charge in [0.1, 0.15) is 28.5 Å². The van der Waals surface area contributed by atoms with Crippen molar-refractivity contribution in [1.29, 1.82) is 0 Å². The molecule has 1 fully saturated rings. The second-order valence-electron chi connectivity index (χ2n) is 8.77. The second kappa shape index (κ2) is 8.31. The molecule has 10 heteroatoms. The summed E-state index contributed by atoms with van der Waals surface area (Å²) in [4.78, 5) is 32.5. The van der Waals surface area contributed by atoms with Crippen molar-refractivity contribution in [1.82, 2.24) is 14.5 Å². The van der Waals surface area contributed by atoms with E-state index in [-0.39, 0.29) is 35.4 Å². The number of fused-ring (bicyclic) bond motifs is 1. The molecule has 0 atom stereocenters. The van der Waals surface area contributed by atoms with Gasteiger partial charge in [-0.2, -0.15) is 0 Å². The molecule has 6 nitrogen and oxygen atoms in total. The number of alkyl halides is 1. The molecule has 1 aliphatic rings. The van der Waals surface area contributed by atoms with Crippen molar-refractivity contribution in [3.63, 3.8) is 0 Å². The predicted molar refractivity (Wildman–Crippen MR) is 126 cm³/mol. The zero-order valence-corrected chi connectivity index (χ0v) is 20.5. The molecule has 3 aromatic rings. The normalized spacial score (nSPS) is 15.2. The number of thiophene rings is 1. The van der Waals surface area contributed by atoms with Gasteiger partial charge in [0.15, 0.2) is 0 Å². The number of hydrogen-bond acceptors (Lipinski definition) is 5. The first kappa shape index (κ1) is 23.5. The largest absolute Gasteiger partial charge is 0.378 e. The van der Waals surface area contributed by atoms with Gasteiger partial charge in [-0.05, 0) is 54.4 Å². The Morgan fingerprint density at radius 2 is 2.09 bits per heavy atom. The summed E-state index contributed by atoms with van der Waals surface area (Å²) in [5.74, 6) is 4.81. The summed E-state index contributed by atoms with van der Waals surface area (Å²) in [7, 11) is 0. The van der Waals surface area contributed by atoms with Gasteiger partial charge in [-0.3, -0.25) is 14.2 Å². The third kappa shape index (κ3) is 4.86. The van der Waals surface area contributed by atoms with E-state index in [0.717, 1.165) is 0 Å². The Bertz CT molecular complexity index is 1390. The molecular weight excluding hydrogens is 516 g/mol. The van der Waals surface area contributed by atoms with E-state index < -0.39 is 22.6 Å². The smallest absolute Gasteiger partial charge is 0.263 e. The second-order valence-corrected chi connectivity index (χ2v) is 10.6. The Hall–Kier alpha value is -2.61. The van der Waals surface area contributed by atoms with Crippen LogP contribution in [-0.2, 0) is 11.3 Å². The number of benzene rings is 1. The van der Waals surface area contributed by atoms with Gasteiger partial charge in [-0.1, -0.05) is 17.9 Å². The zero-order chi connectivity index (χ0) is 24.1. The van der Waals surface area contributed by atoms with Crippen LogP contribution in [0.2, 0.25) is 0 Å². The first-order valence-corrected chi connectivity index (χ1v) is 11.7. The molecular formula is C23H20BrF2N3O3S. The average molecular weight is 536 g/mol. The highest BCUT2D eigenvalue weighted by atomic mass is 79.9. The lowest BCUT2D eigenvalue weighted by Crippen LogP contribution is -2.60. The molecule has 3 heterocycles. The van der Waals surface area contributed by atoms with Crippen molar-refractivity contribution in [2.24, 2.45) is 0 Å². The van der Waals surface area contributed by atoms with Gasteiger partial charge < -0.3 is 10.0 Å². The molecule has 0 aliphatic carbocycles. The standard InChI is InChI=1S/C23H20BrF2N3O3S/c1-22(2,32)7-6-16-18(13-4-5-15(25)14(24)8-13)19-20(33-16)27-12-28(21(19)31)9-17(30)29-10-23(3,26)11-29/h4-5,8,12,32H,9-11H2,1-3H3. The highest BCUT2D eigenvalue weighted by Crippen LogP contribution is 2.37. The average Bonchev–Trinajstić information content (AvgIpc) is 3.07. The Morgan fingerprint density at radius 1 is 1.39 bits per heavy atom. The number of rotatable bonds is 3. The van der Waals surface area contributed by atoms with E-state index in [1.165, 1.54) is 66.1 Å². The van der Waals surface area contributed by atoms with Gasteiger partial charge in [-0.15, -0.1) is 11.3 Å². The van der Waals surface area contributed by atoms with Crippen LogP contribution >= 0.6 is 27.3 Å². The van der Waals surface area contributed by atoms with E-state index in [0.29, 0.717) is 20.8 Å². The van der Waals surface area contributed by atoms with Crippen molar-refractivity contribution < 1.29 is 18.7 Å². The Kier molecular flexibility index (Phi) is 5.93. The number of nitrogens with zero attached hydrogens (tertiary/aromatic N) is 3. The van der Waals surface area contributed by atoms with Crippen LogP contribution in [0.5, 0.6) is 0 Å². The summed E-state index contributed by atoms with van der Waals surface area (Å²) in [6.45, 7) is 4.20. The Morgan fingerprint density at radius 3 is 2.70 bits per heavy atom. The molecule has 0 saturated carbocycles. The lowest BCUT2D eigenvalue weighted by molar-refractivity contribution is -0.144. The van der Waals surface area contributed by atoms with E-state index in [4.69, 9.17) is 0 Å². The highest BCUT2D eigenvalue weighted by Gasteiger charge is 2.41. The topological polar surface area (TPSA) is 75.4 Å². The molecule has 2 aromatic heterocycles. The monoisotopic (exact) mass is 535 g/mol. The molecule has 0 spiro atoms. The molecule has 1 saturated heterocycles. The van der Waals surface area contributed by atoms with Crippen LogP contribution in [0.15, 0.2) is 33.8 Å². The molecule has 0 radical (unpaired) electrons. The maximum atomic E-state index is 13.9. The highest BCUT2D eigenvalue weighted by molar-refractivity contribution is 9.10. The molecule has 172 valence electrons. The molecule has 33 heavy (non-hydrogen) atoms. The summed E-state index contributed by atoms with van der Waals surface area (Å²) >= 11 is 4.34. The van der Waals surface area contributed by atoms with E-state index >= 15 is 0 Å². The first-order chi connectivity index (χ1) is 15.3. The number of carbonyl (C=O) groups excluding carboxylic acids is 1. The molecule has 1 aromatic carbocycles. The fourth-order valence-corrected chi connectivity index (χ4v) is 4.92. The number of amides is 1. The number of aromatic nitrogens is 2. The number of halogens is 3. The van der Waals surface area contributed by atoms with Crippen molar-refractivity contribution in [3.8, 4) is 23.0 Å². The van der Waals surface area contributed by atoms with E-state index in [1.807, 2.05) is 0 Å². The SMILES string of the molecule is CC(C)(O)C#Cc1sc2ncn(CC(=O)N3CC(C)(F)C3)c(=O)c2c1-c1ccc(F)c(Br)c1. The molecule has 0 unspecified atom stereocenters. The van der Waals surface area contributed by atoms with Crippen LogP contribution < -0.4 is 5.56 Å². The van der Waals surface area contributed by atoms with Gasteiger partial charge in [0, 0.05) is 5.56 Å². The minimum atomic E-state index is -1.41. The fraction of sp³-hybridized carbons (Fsp3) is 0.348. The summed E-state index contributed by atoms with van der Waals surface area (Å²) < 4.78 is 29.0. The summed E-state index contributed by atoms with van der Waals surface area (Å²) in [6.07, 6.45) is 1.28. The number of hydrogen-bond donors (Lipinski definition) is 1. The molecule has 1 amide bonds. The number of likely N-dealkylation sites (tertiary alicyclic amines) is 1. The van der Waals surface area contributed by atoms with Gasteiger partial charge in [-0.25, -0.2) is 13.8 Å². The van der Waals surface area contributed by atoms with Crippen LogP contribution in [0.1, 0.15) is 25.6 Å². The van der Waals surface area contributed by atoms with Crippen LogP contribution in [0, 0.1) is 17.7 Å². The Labute approximate surface area is 201 Å². The van der Waals surface area contributed by atoms with Gasteiger partial charge in [0.25, 0.3) is 5.56 Å². The molecule has 1 aliphatic heterocycles. The summed E-state index contributed by atoms with van der Waals surface area (Å²) in [6, 6.07) is 4.34. The number of carbonyl (C=O) groups is 1. The molecule has 4 rings (SSSR count). The predicted octanol–water partition coefficient (Wildman–Crippen LogP) is 3.72. The van der Waals surface area contributed by atoms with E-state index in [2.05, 4.69) is 32.8 Å². The van der Waals surface area contributed by atoms with Crippen LogP contribution in [0.25, 0.3) is 21.3 Å². The minimum Gasteiger partial charge on any atom is -0.378 e. The maximum Gasteiger partial charge on any atom is 0.263 e. The van der Waals surface area contributed by atoms with Crippen LogP contribution in [0.4, 0.5) is 8.78 Å². The minimum absolute atomic E-state index is 0.0136.